The normalized spacial score (nSPS) is 10.0. The average Bonchev–Trinajstić information content (AvgIpc) is 2.30. The molecule has 0 spiro atoms. The Morgan fingerprint density at radius 2 is 2.06 bits per heavy atom. The van der Waals surface area contributed by atoms with Crippen molar-refractivity contribution in [1.82, 2.24) is 9.97 Å². The van der Waals surface area contributed by atoms with Crippen LogP contribution in [0.3, 0.4) is 0 Å². The van der Waals surface area contributed by atoms with Gasteiger partial charge in [-0.15, -0.1) is 0 Å². The van der Waals surface area contributed by atoms with E-state index in [1.54, 1.807) is 0 Å². The van der Waals surface area contributed by atoms with Gasteiger partial charge in [-0.2, -0.15) is 0 Å². The van der Waals surface area contributed by atoms with Gasteiger partial charge in [0, 0.05) is 6.54 Å². The lowest BCUT2D eigenvalue weighted by atomic mass is 10.2. The van der Waals surface area contributed by atoms with Crippen molar-refractivity contribution in [2.24, 2.45) is 0 Å². The van der Waals surface area contributed by atoms with Crippen molar-refractivity contribution in [3.05, 3.63) is 52.6 Å². The Labute approximate surface area is 91.8 Å². The smallest absolute Gasteiger partial charge is 0.278 e. The summed E-state index contributed by atoms with van der Waals surface area (Å²) in [5.41, 5.74) is 0.722. The van der Waals surface area contributed by atoms with Gasteiger partial charge < -0.3 is 15.4 Å². The fraction of sp³-hybridized carbons (Fsp3) is 0.0909. The van der Waals surface area contributed by atoms with Crippen LogP contribution >= 0.6 is 0 Å². The number of hydrogen-bond acceptors (Lipinski definition) is 4. The number of nitrogens with one attached hydrogen (secondary N) is 2. The number of aromatic amines is 1. The number of rotatable bonds is 3. The molecule has 0 bridgehead atoms. The third-order valence-electron chi connectivity index (χ3n) is 2.15. The number of anilines is 1. The van der Waals surface area contributed by atoms with E-state index in [2.05, 4.69) is 15.3 Å². The Balaban J connectivity index is 2.14. The Hall–Kier alpha value is -2.30. The minimum Gasteiger partial charge on any atom is -0.492 e. The van der Waals surface area contributed by atoms with E-state index in [0.717, 1.165) is 11.9 Å². The first kappa shape index (κ1) is 10.2. The molecule has 1 aromatic carbocycles. The Bertz CT molecular complexity index is 522. The minimum atomic E-state index is -0.386. The number of benzene rings is 1. The van der Waals surface area contributed by atoms with Crippen molar-refractivity contribution in [3.8, 4) is 5.88 Å². The number of aromatic nitrogens is 2. The van der Waals surface area contributed by atoms with Crippen LogP contribution in [-0.4, -0.2) is 15.1 Å². The van der Waals surface area contributed by atoms with Gasteiger partial charge in [0.1, 0.15) is 0 Å². The van der Waals surface area contributed by atoms with E-state index in [0.29, 0.717) is 6.54 Å². The summed E-state index contributed by atoms with van der Waals surface area (Å²) in [4.78, 5) is 17.3. The zero-order valence-corrected chi connectivity index (χ0v) is 8.47. The van der Waals surface area contributed by atoms with Crippen LogP contribution < -0.4 is 10.9 Å². The van der Waals surface area contributed by atoms with E-state index >= 15 is 0 Å². The van der Waals surface area contributed by atoms with E-state index in [9.17, 15) is 9.90 Å². The van der Waals surface area contributed by atoms with Gasteiger partial charge in [0.05, 0.1) is 6.33 Å². The van der Waals surface area contributed by atoms with Crippen LogP contribution in [-0.2, 0) is 6.54 Å². The molecule has 1 heterocycles. The first-order valence-electron chi connectivity index (χ1n) is 4.82. The van der Waals surface area contributed by atoms with Gasteiger partial charge in [0.25, 0.3) is 5.56 Å². The molecule has 0 fully saturated rings. The van der Waals surface area contributed by atoms with E-state index in [1.807, 2.05) is 30.3 Å². The van der Waals surface area contributed by atoms with E-state index in [1.165, 1.54) is 0 Å². The Kier molecular flexibility index (Phi) is 2.86. The SMILES string of the molecule is O=c1[nH]cnc(O)c1NCc1ccccc1. The van der Waals surface area contributed by atoms with E-state index in [-0.39, 0.29) is 17.1 Å². The van der Waals surface area contributed by atoms with Gasteiger partial charge in [-0.3, -0.25) is 4.79 Å². The second-order valence-corrected chi connectivity index (χ2v) is 3.27. The molecular formula is C11H11N3O2. The largest absolute Gasteiger partial charge is 0.492 e. The summed E-state index contributed by atoms with van der Waals surface area (Å²) >= 11 is 0. The van der Waals surface area contributed by atoms with Gasteiger partial charge in [-0.25, -0.2) is 4.98 Å². The second kappa shape index (κ2) is 4.48. The topological polar surface area (TPSA) is 78.0 Å². The molecule has 3 N–H and O–H groups in total. The maximum atomic E-state index is 11.3. The predicted octanol–water partition coefficient (Wildman–Crippen LogP) is 1.09. The summed E-state index contributed by atoms with van der Waals surface area (Å²) in [6, 6.07) is 9.58. The first-order valence-corrected chi connectivity index (χ1v) is 4.82. The molecule has 0 unspecified atom stereocenters. The summed E-state index contributed by atoms with van der Waals surface area (Å²) < 4.78 is 0. The van der Waals surface area contributed by atoms with Gasteiger partial charge in [0.15, 0.2) is 5.69 Å². The Morgan fingerprint density at radius 3 is 2.75 bits per heavy atom. The molecule has 0 aliphatic carbocycles. The fourth-order valence-corrected chi connectivity index (χ4v) is 1.34. The van der Waals surface area contributed by atoms with Crippen molar-refractivity contribution in [1.29, 1.82) is 0 Å². The van der Waals surface area contributed by atoms with Crippen LogP contribution in [0.15, 0.2) is 41.5 Å². The van der Waals surface area contributed by atoms with Gasteiger partial charge >= 0.3 is 0 Å². The lowest BCUT2D eigenvalue weighted by molar-refractivity contribution is 0.453. The van der Waals surface area contributed by atoms with Crippen LogP contribution in [0.1, 0.15) is 5.56 Å². The highest BCUT2D eigenvalue weighted by Gasteiger charge is 2.05. The van der Waals surface area contributed by atoms with Gasteiger partial charge in [0.2, 0.25) is 5.88 Å². The quantitative estimate of drug-likeness (QED) is 0.719. The number of H-pyrrole nitrogens is 1. The second-order valence-electron chi connectivity index (χ2n) is 3.27. The summed E-state index contributed by atoms with van der Waals surface area (Å²) in [5.74, 6) is -0.292. The monoisotopic (exact) mass is 217 g/mol. The lowest BCUT2D eigenvalue weighted by Gasteiger charge is -2.05. The third-order valence-corrected chi connectivity index (χ3v) is 2.15. The molecule has 5 heteroatoms. The molecule has 2 aromatic rings. The molecule has 0 saturated carbocycles. The summed E-state index contributed by atoms with van der Waals surface area (Å²) in [7, 11) is 0. The number of hydrogen-bond donors (Lipinski definition) is 3. The van der Waals surface area contributed by atoms with E-state index in [4.69, 9.17) is 0 Å². The summed E-state index contributed by atoms with van der Waals surface area (Å²) in [6.45, 7) is 0.461. The number of aromatic hydroxyl groups is 1. The minimum absolute atomic E-state index is 0.0892. The Morgan fingerprint density at radius 1 is 1.31 bits per heavy atom. The highest BCUT2D eigenvalue weighted by atomic mass is 16.3. The molecule has 0 aliphatic rings. The summed E-state index contributed by atoms with van der Waals surface area (Å²) in [5, 5.41) is 12.2. The molecule has 5 nitrogen and oxygen atoms in total. The number of nitrogens with zero attached hydrogens (tertiary/aromatic N) is 1. The lowest BCUT2D eigenvalue weighted by Crippen LogP contribution is -2.14. The highest BCUT2D eigenvalue weighted by Crippen LogP contribution is 2.13. The highest BCUT2D eigenvalue weighted by molar-refractivity contribution is 5.49. The average molecular weight is 217 g/mol. The molecule has 2 rings (SSSR count). The van der Waals surface area contributed by atoms with Crippen molar-refractivity contribution in [2.45, 2.75) is 6.54 Å². The molecule has 16 heavy (non-hydrogen) atoms. The molecule has 1 aromatic heterocycles. The zero-order chi connectivity index (χ0) is 11.4. The maximum absolute atomic E-state index is 11.3. The van der Waals surface area contributed by atoms with Crippen molar-refractivity contribution in [3.63, 3.8) is 0 Å². The van der Waals surface area contributed by atoms with Gasteiger partial charge in [-0.1, -0.05) is 30.3 Å². The van der Waals surface area contributed by atoms with Gasteiger partial charge in [-0.05, 0) is 5.56 Å². The van der Waals surface area contributed by atoms with Crippen molar-refractivity contribution >= 4 is 5.69 Å². The van der Waals surface area contributed by atoms with Crippen LogP contribution in [0.4, 0.5) is 5.69 Å². The van der Waals surface area contributed by atoms with Crippen LogP contribution in [0.2, 0.25) is 0 Å². The standard InChI is InChI=1S/C11H11N3O2/c15-10-9(11(16)14-7-13-10)12-6-8-4-2-1-3-5-8/h1-5,7,12H,6H2,(H2,13,14,15,16). The zero-order valence-electron chi connectivity index (χ0n) is 8.47. The molecule has 0 atom stereocenters. The fourth-order valence-electron chi connectivity index (χ4n) is 1.34. The molecule has 0 saturated heterocycles. The maximum Gasteiger partial charge on any atom is 0.278 e. The molecule has 0 radical (unpaired) electrons. The van der Waals surface area contributed by atoms with Crippen LogP contribution in [0, 0.1) is 0 Å². The van der Waals surface area contributed by atoms with Crippen LogP contribution in [0.5, 0.6) is 5.88 Å². The molecular weight excluding hydrogens is 206 g/mol. The van der Waals surface area contributed by atoms with E-state index < -0.39 is 0 Å². The van der Waals surface area contributed by atoms with Crippen molar-refractivity contribution < 1.29 is 5.11 Å². The predicted molar refractivity (Wildman–Crippen MR) is 60.3 cm³/mol. The van der Waals surface area contributed by atoms with Crippen molar-refractivity contribution in [2.75, 3.05) is 5.32 Å². The molecule has 0 amide bonds. The summed E-state index contributed by atoms with van der Waals surface area (Å²) in [6.07, 6.45) is 1.16. The molecule has 0 aliphatic heterocycles. The third kappa shape index (κ3) is 2.20. The van der Waals surface area contributed by atoms with Crippen LogP contribution in [0.25, 0.3) is 0 Å². The molecule has 82 valence electrons. The first-order chi connectivity index (χ1) is 7.77.